The molecule has 2 aromatic heterocycles. The van der Waals surface area contributed by atoms with E-state index in [0.717, 1.165) is 35.7 Å². The minimum atomic E-state index is -0.498. The van der Waals surface area contributed by atoms with Crippen molar-refractivity contribution in [3.63, 3.8) is 0 Å². The molecule has 0 saturated carbocycles. The van der Waals surface area contributed by atoms with Crippen LogP contribution in [-0.4, -0.2) is 81.5 Å². The molecule has 1 unspecified atom stereocenters. The summed E-state index contributed by atoms with van der Waals surface area (Å²) >= 11 is 0. The fraction of sp³-hybridized carbons (Fsp3) is 0.355. The van der Waals surface area contributed by atoms with Crippen molar-refractivity contribution in [3.05, 3.63) is 78.8 Å². The number of nitrogens with zero attached hydrogens (tertiary/aromatic N) is 6. The summed E-state index contributed by atoms with van der Waals surface area (Å²) < 4.78 is 7.40. The number of piperazine rings is 1. The fourth-order valence-electron chi connectivity index (χ4n) is 5.51. The van der Waals surface area contributed by atoms with Crippen molar-refractivity contribution in [2.75, 3.05) is 49.5 Å². The Kier molecular flexibility index (Phi) is 7.71. The smallest absolute Gasteiger partial charge is 0.410 e. The summed E-state index contributed by atoms with van der Waals surface area (Å²) in [5.74, 6) is 0.724. The van der Waals surface area contributed by atoms with Gasteiger partial charge in [0, 0.05) is 62.9 Å². The lowest BCUT2D eigenvalue weighted by Crippen LogP contribution is -2.53. The van der Waals surface area contributed by atoms with E-state index in [1.807, 2.05) is 47.9 Å². The third-order valence-corrected chi connectivity index (χ3v) is 7.82. The number of nitrogens with one attached hydrogen (secondary N) is 1. The van der Waals surface area contributed by atoms with Gasteiger partial charge in [-0.05, 0) is 37.5 Å². The first-order chi connectivity index (χ1) is 20.1. The molecule has 6 rings (SSSR count). The van der Waals surface area contributed by atoms with Gasteiger partial charge in [0.1, 0.15) is 24.2 Å². The quantitative estimate of drug-likeness (QED) is 0.365. The molecule has 1 N–H and O–H groups in total. The largest absolute Gasteiger partial charge is 0.445 e. The van der Waals surface area contributed by atoms with E-state index >= 15 is 0 Å². The summed E-state index contributed by atoms with van der Waals surface area (Å²) in [6.45, 7) is 6.05. The SMILES string of the molecule is CC(Nc1c(-c2ccc(N3CCCC3)cc2)nc2cnccn12)C(=O)N1CCN(C(=O)OCc2ccccc2)CC1. The lowest BCUT2D eigenvalue weighted by atomic mass is 10.1. The molecule has 2 amide bonds. The molecule has 0 spiro atoms. The van der Waals surface area contributed by atoms with Gasteiger partial charge in [-0.1, -0.05) is 42.5 Å². The van der Waals surface area contributed by atoms with E-state index in [4.69, 9.17) is 9.72 Å². The molecule has 0 bridgehead atoms. The molecule has 2 aliphatic heterocycles. The zero-order valence-electron chi connectivity index (χ0n) is 23.3. The van der Waals surface area contributed by atoms with E-state index in [0.29, 0.717) is 31.8 Å². The molecule has 2 aliphatic rings. The van der Waals surface area contributed by atoms with Gasteiger partial charge in [-0.3, -0.25) is 14.2 Å². The zero-order chi connectivity index (χ0) is 28.2. The average Bonchev–Trinajstić information content (AvgIpc) is 3.69. The number of hydrogen-bond acceptors (Lipinski definition) is 7. The van der Waals surface area contributed by atoms with Crippen LogP contribution in [0.3, 0.4) is 0 Å². The zero-order valence-corrected chi connectivity index (χ0v) is 23.3. The second kappa shape index (κ2) is 11.9. The number of benzene rings is 2. The summed E-state index contributed by atoms with van der Waals surface area (Å²) in [5, 5.41) is 3.44. The van der Waals surface area contributed by atoms with Gasteiger partial charge >= 0.3 is 6.09 Å². The van der Waals surface area contributed by atoms with Gasteiger partial charge in [0.2, 0.25) is 5.91 Å². The Bertz CT molecular complexity index is 1490. The van der Waals surface area contributed by atoms with Crippen LogP contribution in [-0.2, 0) is 16.1 Å². The van der Waals surface area contributed by atoms with Crippen molar-refractivity contribution < 1.29 is 14.3 Å². The number of carbonyl (C=O) groups excluding carboxylic acids is 2. The monoisotopic (exact) mass is 553 g/mol. The van der Waals surface area contributed by atoms with Gasteiger partial charge in [0.25, 0.3) is 0 Å². The minimum absolute atomic E-state index is 0.0263. The average molecular weight is 554 g/mol. The number of imidazole rings is 1. The Hall–Kier alpha value is -4.60. The molecule has 212 valence electrons. The topological polar surface area (TPSA) is 95.3 Å². The Balaban J connectivity index is 1.11. The van der Waals surface area contributed by atoms with E-state index in [9.17, 15) is 9.59 Å². The Morgan fingerprint density at radius 1 is 0.927 bits per heavy atom. The summed E-state index contributed by atoms with van der Waals surface area (Å²) in [6.07, 6.45) is 7.39. The van der Waals surface area contributed by atoms with Gasteiger partial charge in [0.05, 0.1) is 6.20 Å². The molecule has 2 fully saturated rings. The summed E-state index contributed by atoms with van der Waals surface area (Å²) in [5.41, 5.74) is 4.62. The maximum atomic E-state index is 13.5. The van der Waals surface area contributed by atoms with Gasteiger partial charge in [-0.2, -0.15) is 0 Å². The number of ether oxygens (including phenoxy) is 1. The minimum Gasteiger partial charge on any atom is -0.445 e. The molecule has 4 heterocycles. The molecule has 0 aliphatic carbocycles. The molecule has 2 saturated heterocycles. The molecule has 2 aromatic carbocycles. The predicted octanol–water partition coefficient (Wildman–Crippen LogP) is 4.28. The first-order valence-corrected chi connectivity index (χ1v) is 14.3. The fourth-order valence-corrected chi connectivity index (χ4v) is 5.51. The molecular weight excluding hydrogens is 518 g/mol. The van der Waals surface area contributed by atoms with Gasteiger partial charge < -0.3 is 24.8 Å². The third kappa shape index (κ3) is 5.82. The van der Waals surface area contributed by atoms with Crippen LogP contribution in [0, 0.1) is 0 Å². The predicted molar refractivity (Wildman–Crippen MR) is 158 cm³/mol. The van der Waals surface area contributed by atoms with Crippen molar-refractivity contribution in [3.8, 4) is 11.3 Å². The lowest BCUT2D eigenvalue weighted by Gasteiger charge is -2.35. The first kappa shape index (κ1) is 26.6. The van der Waals surface area contributed by atoms with Crippen LogP contribution in [0.2, 0.25) is 0 Å². The molecule has 10 nitrogen and oxygen atoms in total. The number of fused-ring (bicyclic) bond motifs is 1. The summed E-state index contributed by atoms with van der Waals surface area (Å²) in [7, 11) is 0. The number of hydrogen-bond donors (Lipinski definition) is 1. The second-order valence-corrected chi connectivity index (χ2v) is 10.6. The lowest BCUT2D eigenvalue weighted by molar-refractivity contribution is -0.133. The van der Waals surface area contributed by atoms with Crippen molar-refractivity contribution in [2.45, 2.75) is 32.4 Å². The molecular formula is C31H35N7O3. The summed E-state index contributed by atoms with van der Waals surface area (Å²) in [6, 6.07) is 17.6. The van der Waals surface area contributed by atoms with Crippen LogP contribution < -0.4 is 10.2 Å². The van der Waals surface area contributed by atoms with E-state index in [1.54, 1.807) is 22.2 Å². The maximum absolute atomic E-state index is 13.5. The second-order valence-electron chi connectivity index (χ2n) is 10.6. The Labute approximate surface area is 239 Å². The van der Waals surface area contributed by atoms with E-state index < -0.39 is 6.04 Å². The Morgan fingerprint density at radius 2 is 1.63 bits per heavy atom. The highest BCUT2D eigenvalue weighted by Crippen LogP contribution is 2.31. The van der Waals surface area contributed by atoms with Crippen LogP contribution in [0.1, 0.15) is 25.3 Å². The van der Waals surface area contributed by atoms with Gasteiger partial charge in [0.15, 0.2) is 5.65 Å². The molecule has 10 heteroatoms. The Morgan fingerprint density at radius 3 is 2.37 bits per heavy atom. The van der Waals surface area contributed by atoms with Gasteiger partial charge in [-0.15, -0.1) is 0 Å². The van der Waals surface area contributed by atoms with Crippen LogP contribution in [0.25, 0.3) is 16.9 Å². The first-order valence-electron chi connectivity index (χ1n) is 14.3. The van der Waals surface area contributed by atoms with E-state index in [1.165, 1.54) is 18.5 Å². The van der Waals surface area contributed by atoms with Crippen molar-refractivity contribution in [1.82, 2.24) is 24.2 Å². The van der Waals surface area contributed by atoms with Crippen molar-refractivity contribution in [2.24, 2.45) is 0 Å². The van der Waals surface area contributed by atoms with Crippen LogP contribution >= 0.6 is 0 Å². The number of carbonyl (C=O) groups is 2. The van der Waals surface area contributed by atoms with Crippen molar-refractivity contribution >= 4 is 29.2 Å². The molecule has 4 aromatic rings. The van der Waals surface area contributed by atoms with E-state index in [2.05, 4.69) is 39.5 Å². The standard InChI is InChI=1S/C31H35N7O3/c1-23(30(39)36-17-19-37(20-18-36)31(40)41-22-24-7-3-2-4-8-24)33-29-28(34-27-21-32-13-16-38(27)29)25-9-11-26(12-10-25)35-14-5-6-15-35/h2-4,7-13,16,21,23,33H,5-6,14-15,17-20,22H2,1H3. The van der Waals surface area contributed by atoms with Crippen molar-refractivity contribution in [1.29, 1.82) is 0 Å². The maximum Gasteiger partial charge on any atom is 0.410 e. The highest BCUT2D eigenvalue weighted by Gasteiger charge is 2.29. The highest BCUT2D eigenvalue weighted by atomic mass is 16.6. The molecule has 1 atom stereocenters. The van der Waals surface area contributed by atoms with Crippen LogP contribution in [0.15, 0.2) is 73.2 Å². The number of aromatic nitrogens is 3. The molecule has 0 radical (unpaired) electrons. The number of rotatable bonds is 7. The third-order valence-electron chi connectivity index (χ3n) is 7.82. The van der Waals surface area contributed by atoms with E-state index in [-0.39, 0.29) is 18.6 Å². The van der Waals surface area contributed by atoms with Gasteiger partial charge in [-0.25, -0.2) is 9.78 Å². The number of anilines is 2. The summed E-state index contributed by atoms with van der Waals surface area (Å²) in [4.78, 5) is 41.0. The van der Waals surface area contributed by atoms with Crippen LogP contribution in [0.5, 0.6) is 0 Å². The number of amides is 2. The highest BCUT2D eigenvalue weighted by molar-refractivity contribution is 5.87. The van der Waals surface area contributed by atoms with Crippen LogP contribution in [0.4, 0.5) is 16.3 Å². The molecule has 41 heavy (non-hydrogen) atoms. The normalized spacial score (nSPS) is 16.2.